The molecule has 270 valence electrons. The zero-order chi connectivity index (χ0) is 38.6. The van der Waals surface area contributed by atoms with Crippen LogP contribution in [0.15, 0.2) is 133 Å². The third-order valence-electron chi connectivity index (χ3n) is 9.05. The summed E-state index contributed by atoms with van der Waals surface area (Å²) in [5, 5.41) is 9.46. The van der Waals surface area contributed by atoms with Crippen molar-refractivity contribution in [1.82, 2.24) is 44.9 Å². The van der Waals surface area contributed by atoms with E-state index in [1.54, 1.807) is 12.1 Å². The highest BCUT2D eigenvalue weighted by atomic mass is 15.1. The molecule has 0 unspecified atom stereocenters. The second-order valence-electron chi connectivity index (χ2n) is 13.9. The number of aromatic nitrogens is 9. The van der Waals surface area contributed by atoms with Crippen LogP contribution in [-0.2, 0) is 0 Å². The van der Waals surface area contributed by atoms with Crippen LogP contribution in [0.1, 0.15) is 56.7 Å². The minimum atomic E-state index is 0.0780. The molecule has 0 fully saturated rings. The molecule has 0 bridgehead atoms. The molecule has 0 saturated carbocycles. The Morgan fingerprint density at radius 1 is 0.339 bits per heavy atom. The van der Waals surface area contributed by atoms with Crippen LogP contribution in [-0.4, -0.2) is 44.9 Å². The maximum atomic E-state index is 9.46. The third kappa shape index (κ3) is 7.65. The summed E-state index contributed by atoms with van der Waals surface area (Å²) in [6.07, 6.45) is 0. The van der Waals surface area contributed by atoms with Crippen LogP contribution in [0.3, 0.4) is 0 Å². The lowest BCUT2D eigenvalue weighted by atomic mass is 10.0. The molecule has 0 atom stereocenters. The lowest BCUT2D eigenvalue weighted by Crippen LogP contribution is -2.08. The average molecular weight is 729 g/mol. The predicted octanol–water partition coefficient (Wildman–Crippen LogP) is 10.0. The van der Waals surface area contributed by atoms with E-state index < -0.39 is 0 Å². The van der Waals surface area contributed by atoms with Crippen LogP contribution in [0, 0.1) is 11.3 Å². The Balaban J connectivity index is 1.40. The molecule has 0 amide bonds. The van der Waals surface area contributed by atoms with Crippen LogP contribution in [0.5, 0.6) is 0 Å². The predicted molar refractivity (Wildman–Crippen MR) is 218 cm³/mol. The molecule has 10 nitrogen and oxygen atoms in total. The Kier molecular flexibility index (Phi) is 9.89. The van der Waals surface area contributed by atoms with Crippen molar-refractivity contribution in [2.75, 3.05) is 0 Å². The minimum absolute atomic E-state index is 0.0780. The van der Waals surface area contributed by atoms with Crippen LogP contribution in [0.4, 0.5) is 0 Å². The van der Waals surface area contributed by atoms with Crippen molar-refractivity contribution >= 4 is 0 Å². The molecule has 0 spiro atoms. The second-order valence-corrected chi connectivity index (χ2v) is 13.9. The van der Waals surface area contributed by atoms with Gasteiger partial charge in [-0.15, -0.1) is 0 Å². The van der Waals surface area contributed by atoms with Crippen LogP contribution < -0.4 is 0 Å². The van der Waals surface area contributed by atoms with Gasteiger partial charge in [-0.3, -0.25) is 0 Å². The van der Waals surface area contributed by atoms with E-state index in [4.69, 9.17) is 44.9 Å². The van der Waals surface area contributed by atoms with Crippen molar-refractivity contribution < 1.29 is 0 Å². The first-order valence-corrected chi connectivity index (χ1v) is 18.4. The summed E-state index contributed by atoms with van der Waals surface area (Å²) in [6.45, 7) is 8.30. The third-order valence-corrected chi connectivity index (χ3v) is 9.05. The van der Waals surface area contributed by atoms with E-state index in [1.165, 1.54) is 0 Å². The Morgan fingerprint density at radius 2 is 0.625 bits per heavy atom. The van der Waals surface area contributed by atoms with Gasteiger partial charge in [0, 0.05) is 50.8 Å². The fourth-order valence-corrected chi connectivity index (χ4v) is 6.05. The maximum Gasteiger partial charge on any atom is 0.164 e. The van der Waals surface area contributed by atoms with Gasteiger partial charge in [-0.25, -0.2) is 44.9 Å². The minimum Gasteiger partial charge on any atom is -0.217 e. The van der Waals surface area contributed by atoms with Crippen molar-refractivity contribution in [3.05, 3.63) is 151 Å². The van der Waals surface area contributed by atoms with Crippen molar-refractivity contribution in [2.45, 2.75) is 39.5 Å². The number of nitrogens with zero attached hydrogens (tertiary/aromatic N) is 10. The van der Waals surface area contributed by atoms with E-state index in [1.807, 2.05) is 121 Å². The second kappa shape index (κ2) is 15.5. The first-order chi connectivity index (χ1) is 27.3. The number of hydrogen-bond donors (Lipinski definition) is 0. The van der Waals surface area contributed by atoms with Gasteiger partial charge in [-0.2, -0.15) is 5.26 Å². The number of hydrogen-bond acceptors (Lipinski definition) is 10. The van der Waals surface area contributed by atoms with Crippen LogP contribution >= 0.6 is 0 Å². The highest BCUT2D eigenvalue weighted by Crippen LogP contribution is 2.34. The standard InChI is InChI=1S/C46H36N10/c1-28(2)38-48-39(29(3)4)50-44(49-38)35-24-36(45-53-40(31-14-8-5-9-15-31)51-41(54-45)32-16-10-6-11-17-32)26-37(25-35)46-55-42(33-18-12-7-13-19-33)52-43(56-46)34-22-20-30(27-47)21-23-34/h5-26,28-29H,1-4H3. The fraction of sp³-hybridized carbons (Fsp3) is 0.130. The smallest absolute Gasteiger partial charge is 0.164 e. The SMILES string of the molecule is CC(C)c1nc(-c2cc(-c3nc(-c4ccccc4)nc(-c4ccccc4)n3)cc(-c3nc(-c4ccccc4)nc(-c4ccc(C#N)cc4)n3)c2)nc(C(C)C)n1. The van der Waals surface area contributed by atoms with Crippen molar-refractivity contribution in [1.29, 1.82) is 5.26 Å². The van der Waals surface area contributed by atoms with Gasteiger partial charge in [0.2, 0.25) is 0 Å². The maximum absolute atomic E-state index is 9.46. The average Bonchev–Trinajstić information content (AvgIpc) is 3.26. The zero-order valence-electron chi connectivity index (χ0n) is 31.3. The molecule has 0 aliphatic heterocycles. The fourth-order valence-electron chi connectivity index (χ4n) is 6.05. The van der Waals surface area contributed by atoms with E-state index in [2.05, 4.69) is 33.8 Å². The van der Waals surface area contributed by atoms with Gasteiger partial charge in [0.1, 0.15) is 11.6 Å². The molecule has 3 heterocycles. The summed E-state index contributed by atoms with van der Waals surface area (Å²) in [7, 11) is 0. The highest BCUT2D eigenvalue weighted by molar-refractivity contribution is 5.78. The lowest BCUT2D eigenvalue weighted by Gasteiger charge is -2.14. The topological polar surface area (TPSA) is 140 Å². The number of rotatable bonds is 9. The Morgan fingerprint density at radius 3 is 0.929 bits per heavy atom. The van der Waals surface area contributed by atoms with E-state index in [0.29, 0.717) is 69.1 Å². The summed E-state index contributed by atoms with van der Waals surface area (Å²) < 4.78 is 0. The van der Waals surface area contributed by atoms with Gasteiger partial charge >= 0.3 is 0 Å². The van der Waals surface area contributed by atoms with E-state index in [9.17, 15) is 5.26 Å². The van der Waals surface area contributed by atoms with Crippen molar-refractivity contribution in [3.63, 3.8) is 0 Å². The molecule has 0 radical (unpaired) electrons. The molecule has 3 aromatic heterocycles. The normalized spacial score (nSPS) is 11.2. The molecular formula is C46H36N10. The molecule has 0 aliphatic carbocycles. The molecule has 0 aliphatic rings. The molecular weight excluding hydrogens is 693 g/mol. The summed E-state index contributed by atoms with van der Waals surface area (Å²) in [5.74, 6) is 5.05. The van der Waals surface area contributed by atoms with E-state index in [0.717, 1.165) is 27.8 Å². The molecule has 56 heavy (non-hydrogen) atoms. The van der Waals surface area contributed by atoms with Gasteiger partial charge in [-0.05, 0) is 42.5 Å². The number of benzene rings is 5. The van der Waals surface area contributed by atoms with Crippen LogP contribution in [0.25, 0.3) is 79.7 Å². The lowest BCUT2D eigenvalue weighted by molar-refractivity contribution is 0.697. The Hall–Kier alpha value is -7.38. The van der Waals surface area contributed by atoms with Gasteiger partial charge in [0.25, 0.3) is 0 Å². The number of nitriles is 1. The van der Waals surface area contributed by atoms with Gasteiger partial charge in [0.05, 0.1) is 11.6 Å². The van der Waals surface area contributed by atoms with Crippen molar-refractivity contribution in [2.24, 2.45) is 0 Å². The molecule has 0 saturated heterocycles. The summed E-state index contributed by atoms with van der Waals surface area (Å²) in [6, 6.07) is 45.0. The monoisotopic (exact) mass is 728 g/mol. The molecule has 10 heteroatoms. The molecule has 5 aromatic carbocycles. The first-order valence-electron chi connectivity index (χ1n) is 18.4. The zero-order valence-corrected chi connectivity index (χ0v) is 31.3. The quantitative estimate of drug-likeness (QED) is 0.141. The molecule has 8 aromatic rings. The van der Waals surface area contributed by atoms with Gasteiger partial charge in [0.15, 0.2) is 40.8 Å². The molecule has 0 N–H and O–H groups in total. The summed E-state index contributed by atoms with van der Waals surface area (Å²) in [5.41, 5.74) is 5.98. The first kappa shape index (κ1) is 35.6. The summed E-state index contributed by atoms with van der Waals surface area (Å²) >= 11 is 0. The van der Waals surface area contributed by atoms with Crippen molar-refractivity contribution in [3.8, 4) is 85.8 Å². The molecule has 8 rings (SSSR count). The Bertz CT molecular complexity index is 2610. The largest absolute Gasteiger partial charge is 0.217 e. The van der Waals surface area contributed by atoms with Gasteiger partial charge in [-0.1, -0.05) is 119 Å². The van der Waals surface area contributed by atoms with E-state index in [-0.39, 0.29) is 11.8 Å². The Labute approximate surface area is 325 Å². The van der Waals surface area contributed by atoms with E-state index >= 15 is 0 Å². The van der Waals surface area contributed by atoms with Crippen LogP contribution in [0.2, 0.25) is 0 Å². The highest BCUT2D eigenvalue weighted by Gasteiger charge is 2.20. The summed E-state index contributed by atoms with van der Waals surface area (Å²) in [4.78, 5) is 44.8. The van der Waals surface area contributed by atoms with Gasteiger partial charge < -0.3 is 0 Å².